The maximum Gasteiger partial charge on any atom is 0.254 e. The summed E-state index contributed by atoms with van der Waals surface area (Å²) >= 11 is 0. The SMILES string of the molecule is O=C(c1cc(OCC2CCCOC2)nc(C2CC2)c1)N1C[C@@H]2CN(Cc3ccc4[nH]nnc4c3)C[C@H]2C1. The summed E-state index contributed by atoms with van der Waals surface area (Å²) in [6, 6.07) is 10.2. The Kier molecular flexibility index (Phi) is 6.05. The van der Waals surface area contributed by atoms with E-state index in [2.05, 4.69) is 37.3 Å². The monoisotopic (exact) mass is 502 g/mol. The van der Waals surface area contributed by atoms with Gasteiger partial charge in [0.2, 0.25) is 5.88 Å². The lowest BCUT2D eigenvalue weighted by molar-refractivity contribution is 0.0343. The minimum absolute atomic E-state index is 0.118. The van der Waals surface area contributed by atoms with Crippen LogP contribution in [0, 0.1) is 17.8 Å². The molecule has 0 spiro atoms. The molecule has 1 aromatic carbocycles. The van der Waals surface area contributed by atoms with Crippen molar-refractivity contribution in [2.75, 3.05) is 46.0 Å². The molecule has 3 aromatic rings. The summed E-state index contributed by atoms with van der Waals surface area (Å²) in [6.07, 6.45) is 4.50. The van der Waals surface area contributed by atoms with Crippen LogP contribution in [-0.4, -0.2) is 82.1 Å². The highest BCUT2D eigenvalue weighted by Gasteiger charge is 2.42. The predicted molar refractivity (Wildman–Crippen MR) is 137 cm³/mol. The van der Waals surface area contributed by atoms with Crippen LogP contribution in [0.25, 0.3) is 11.0 Å². The van der Waals surface area contributed by atoms with Crippen LogP contribution in [0.1, 0.15) is 53.2 Å². The fourth-order valence-electron chi connectivity index (χ4n) is 6.27. The normalized spacial score (nSPS) is 26.1. The maximum atomic E-state index is 13.6. The number of pyridine rings is 1. The minimum atomic E-state index is 0.118. The molecule has 7 rings (SSSR count). The van der Waals surface area contributed by atoms with Crippen molar-refractivity contribution in [1.29, 1.82) is 0 Å². The number of carbonyl (C=O) groups is 1. The number of aromatic amines is 1. The van der Waals surface area contributed by atoms with Crippen LogP contribution in [0.3, 0.4) is 0 Å². The highest BCUT2D eigenvalue weighted by molar-refractivity contribution is 5.95. The zero-order chi connectivity index (χ0) is 24.8. The zero-order valence-corrected chi connectivity index (χ0v) is 21.1. The molecule has 1 aliphatic carbocycles. The van der Waals surface area contributed by atoms with Gasteiger partial charge in [0, 0.05) is 68.5 Å². The maximum absolute atomic E-state index is 13.6. The molecule has 5 heterocycles. The first-order valence-electron chi connectivity index (χ1n) is 13.7. The van der Waals surface area contributed by atoms with E-state index >= 15 is 0 Å². The van der Waals surface area contributed by atoms with E-state index in [0.717, 1.165) is 93.9 Å². The third-order valence-electron chi connectivity index (χ3n) is 8.43. The molecule has 4 aliphatic rings. The molecule has 3 atom stereocenters. The Hall–Kier alpha value is -3.04. The third kappa shape index (κ3) is 4.94. The van der Waals surface area contributed by atoms with Gasteiger partial charge in [-0.3, -0.25) is 14.8 Å². The average molecular weight is 503 g/mol. The van der Waals surface area contributed by atoms with Gasteiger partial charge in [0.05, 0.1) is 18.7 Å². The zero-order valence-electron chi connectivity index (χ0n) is 21.1. The van der Waals surface area contributed by atoms with Gasteiger partial charge in [-0.05, 0) is 61.3 Å². The Balaban J connectivity index is 0.990. The Morgan fingerprint density at radius 3 is 2.73 bits per heavy atom. The van der Waals surface area contributed by atoms with Gasteiger partial charge < -0.3 is 14.4 Å². The first-order valence-corrected chi connectivity index (χ1v) is 13.7. The van der Waals surface area contributed by atoms with Crippen molar-refractivity contribution in [3.63, 3.8) is 0 Å². The molecule has 3 saturated heterocycles. The smallest absolute Gasteiger partial charge is 0.254 e. The number of hydrogen-bond donors (Lipinski definition) is 1. The predicted octanol–water partition coefficient (Wildman–Crippen LogP) is 3.24. The summed E-state index contributed by atoms with van der Waals surface area (Å²) < 4.78 is 11.7. The van der Waals surface area contributed by atoms with Crippen molar-refractivity contribution < 1.29 is 14.3 Å². The second kappa shape index (κ2) is 9.68. The number of hydrogen-bond acceptors (Lipinski definition) is 7. The van der Waals surface area contributed by atoms with Gasteiger partial charge in [-0.1, -0.05) is 11.3 Å². The molecule has 4 fully saturated rings. The van der Waals surface area contributed by atoms with E-state index < -0.39 is 0 Å². The number of nitrogens with zero attached hydrogens (tertiary/aromatic N) is 5. The molecule has 1 amide bonds. The number of H-pyrrole nitrogens is 1. The van der Waals surface area contributed by atoms with Crippen molar-refractivity contribution in [3.8, 4) is 5.88 Å². The van der Waals surface area contributed by atoms with Crippen LogP contribution in [0.15, 0.2) is 30.3 Å². The van der Waals surface area contributed by atoms with Gasteiger partial charge in [-0.25, -0.2) is 4.98 Å². The quantitative estimate of drug-likeness (QED) is 0.530. The van der Waals surface area contributed by atoms with E-state index in [1.54, 1.807) is 0 Å². The van der Waals surface area contributed by atoms with E-state index in [1.165, 1.54) is 5.56 Å². The van der Waals surface area contributed by atoms with Crippen LogP contribution in [-0.2, 0) is 11.3 Å². The van der Waals surface area contributed by atoms with Crippen molar-refractivity contribution in [1.82, 2.24) is 30.2 Å². The standard InChI is InChI=1S/C28H34N6O3/c35-28(21-9-25(20-4-5-20)29-27(10-21)37-17-19-2-1-7-36-16-19)34-14-22-12-33(13-23(22)15-34)11-18-3-6-24-26(8-18)31-32-30-24/h3,6,8-10,19-20,22-23H,1-2,4-5,7,11-17H2,(H,30,31,32)/t19?,22-,23-/m0/s1. The van der Waals surface area contributed by atoms with Crippen LogP contribution < -0.4 is 4.74 Å². The molecular formula is C28H34N6O3. The molecule has 1 saturated carbocycles. The number of carbonyl (C=O) groups excluding carboxylic acids is 1. The fourth-order valence-corrected chi connectivity index (χ4v) is 6.27. The molecule has 0 bridgehead atoms. The molecule has 9 nitrogen and oxygen atoms in total. The van der Waals surface area contributed by atoms with Gasteiger partial charge >= 0.3 is 0 Å². The number of nitrogens with one attached hydrogen (secondary N) is 1. The molecular weight excluding hydrogens is 468 g/mol. The molecule has 1 unspecified atom stereocenters. The largest absolute Gasteiger partial charge is 0.477 e. The minimum Gasteiger partial charge on any atom is -0.477 e. The molecule has 3 aliphatic heterocycles. The van der Waals surface area contributed by atoms with Crippen LogP contribution in [0.2, 0.25) is 0 Å². The lowest BCUT2D eigenvalue weighted by Gasteiger charge is -2.23. The highest BCUT2D eigenvalue weighted by Crippen LogP contribution is 2.40. The Morgan fingerprint density at radius 2 is 1.95 bits per heavy atom. The Labute approximate surface area is 216 Å². The summed E-state index contributed by atoms with van der Waals surface area (Å²) in [6.45, 7) is 6.78. The van der Waals surface area contributed by atoms with Gasteiger partial charge in [-0.2, -0.15) is 0 Å². The van der Waals surface area contributed by atoms with Crippen molar-refractivity contribution in [2.45, 2.75) is 38.1 Å². The average Bonchev–Trinajstić information content (AvgIpc) is 3.37. The summed E-state index contributed by atoms with van der Waals surface area (Å²) in [5.41, 5.74) is 4.87. The molecule has 9 heteroatoms. The lowest BCUT2D eigenvalue weighted by atomic mass is 10.0. The number of likely N-dealkylation sites (tertiary alicyclic amines) is 2. The van der Waals surface area contributed by atoms with Crippen LogP contribution in [0.5, 0.6) is 5.88 Å². The summed E-state index contributed by atoms with van der Waals surface area (Å²) in [4.78, 5) is 22.9. The van der Waals surface area contributed by atoms with Crippen molar-refractivity contribution in [3.05, 3.63) is 47.2 Å². The van der Waals surface area contributed by atoms with Gasteiger partial charge in [-0.15, -0.1) is 5.10 Å². The number of ether oxygens (including phenoxy) is 2. The van der Waals surface area contributed by atoms with Gasteiger partial charge in [0.25, 0.3) is 5.91 Å². The van der Waals surface area contributed by atoms with Gasteiger partial charge in [0.15, 0.2) is 0 Å². The van der Waals surface area contributed by atoms with E-state index in [9.17, 15) is 4.79 Å². The number of benzene rings is 1. The fraction of sp³-hybridized carbons (Fsp3) is 0.571. The second-order valence-electron chi connectivity index (χ2n) is 11.4. The van der Waals surface area contributed by atoms with E-state index in [0.29, 0.717) is 36.2 Å². The molecule has 194 valence electrons. The van der Waals surface area contributed by atoms with Crippen LogP contribution >= 0.6 is 0 Å². The Morgan fingerprint density at radius 1 is 1.08 bits per heavy atom. The van der Waals surface area contributed by atoms with E-state index in [1.807, 2.05) is 18.2 Å². The third-order valence-corrected chi connectivity index (χ3v) is 8.43. The second-order valence-corrected chi connectivity index (χ2v) is 11.4. The summed E-state index contributed by atoms with van der Waals surface area (Å²) in [5.74, 6) is 2.62. The summed E-state index contributed by atoms with van der Waals surface area (Å²) in [5, 5.41) is 10.9. The topological polar surface area (TPSA) is 96.5 Å². The molecule has 0 radical (unpaired) electrons. The molecule has 37 heavy (non-hydrogen) atoms. The number of amides is 1. The van der Waals surface area contributed by atoms with Crippen molar-refractivity contribution >= 4 is 16.9 Å². The number of rotatable bonds is 7. The number of aromatic nitrogens is 4. The van der Waals surface area contributed by atoms with Crippen molar-refractivity contribution in [2.24, 2.45) is 17.8 Å². The highest BCUT2D eigenvalue weighted by atomic mass is 16.5. The van der Waals surface area contributed by atoms with E-state index in [-0.39, 0.29) is 5.91 Å². The molecule has 2 aromatic heterocycles. The van der Waals surface area contributed by atoms with E-state index in [4.69, 9.17) is 14.5 Å². The first-order chi connectivity index (χ1) is 18.2. The first kappa shape index (κ1) is 23.1. The van der Waals surface area contributed by atoms with Gasteiger partial charge in [0.1, 0.15) is 5.52 Å². The lowest BCUT2D eigenvalue weighted by Crippen LogP contribution is -2.33. The Bertz CT molecular complexity index is 1270. The summed E-state index contributed by atoms with van der Waals surface area (Å²) in [7, 11) is 0. The molecule has 1 N–H and O–H groups in total. The van der Waals surface area contributed by atoms with Crippen LogP contribution in [0.4, 0.5) is 0 Å². The number of fused-ring (bicyclic) bond motifs is 2.